The summed E-state index contributed by atoms with van der Waals surface area (Å²) < 4.78 is 10.5. The van der Waals surface area contributed by atoms with Crippen LogP contribution in [-0.4, -0.2) is 13.1 Å². The molecule has 0 fully saturated rings. The summed E-state index contributed by atoms with van der Waals surface area (Å²) in [6, 6.07) is 8.78. The predicted octanol–water partition coefficient (Wildman–Crippen LogP) is 4.12. The molecule has 4 nitrogen and oxygen atoms in total. The molecule has 0 aliphatic heterocycles. The largest absolute Gasteiger partial charge is 0.465 e. The SMILES string of the molecule is COC(=O)c1cc(Oc2ccc(C)cc2Cl)cc(C)c1N. The first-order chi connectivity index (χ1) is 9.92. The highest BCUT2D eigenvalue weighted by atomic mass is 35.5. The summed E-state index contributed by atoms with van der Waals surface area (Å²) in [7, 11) is 1.31. The topological polar surface area (TPSA) is 61.5 Å². The van der Waals surface area contributed by atoms with Crippen LogP contribution in [0.1, 0.15) is 21.5 Å². The van der Waals surface area contributed by atoms with E-state index in [1.807, 2.05) is 19.1 Å². The summed E-state index contributed by atoms with van der Waals surface area (Å²) in [4.78, 5) is 11.7. The summed E-state index contributed by atoms with van der Waals surface area (Å²) in [5.41, 5.74) is 8.31. The van der Waals surface area contributed by atoms with Gasteiger partial charge in [0.15, 0.2) is 0 Å². The molecule has 2 N–H and O–H groups in total. The zero-order valence-corrected chi connectivity index (χ0v) is 12.8. The van der Waals surface area contributed by atoms with E-state index in [-0.39, 0.29) is 5.56 Å². The molecule has 0 spiro atoms. The van der Waals surface area contributed by atoms with Crippen LogP contribution in [0.4, 0.5) is 5.69 Å². The summed E-state index contributed by atoms with van der Waals surface area (Å²) in [5.74, 6) is 0.492. The van der Waals surface area contributed by atoms with Crippen molar-refractivity contribution in [3.8, 4) is 11.5 Å². The number of anilines is 1. The number of hydrogen-bond acceptors (Lipinski definition) is 4. The van der Waals surface area contributed by atoms with Gasteiger partial charge in [0.1, 0.15) is 11.5 Å². The second-order valence-corrected chi connectivity index (χ2v) is 5.14. The van der Waals surface area contributed by atoms with Gasteiger partial charge >= 0.3 is 5.97 Å². The number of carbonyl (C=O) groups excluding carboxylic acids is 1. The van der Waals surface area contributed by atoms with E-state index in [1.54, 1.807) is 25.1 Å². The Hall–Kier alpha value is -2.20. The Morgan fingerprint density at radius 3 is 2.52 bits per heavy atom. The average Bonchev–Trinajstić information content (AvgIpc) is 2.44. The Bertz CT molecular complexity index is 698. The number of rotatable bonds is 3. The molecule has 0 saturated heterocycles. The summed E-state index contributed by atoms with van der Waals surface area (Å²) in [5, 5.41) is 0.504. The predicted molar refractivity (Wildman–Crippen MR) is 83.2 cm³/mol. The van der Waals surface area contributed by atoms with E-state index in [4.69, 9.17) is 26.8 Å². The van der Waals surface area contributed by atoms with Gasteiger partial charge in [-0.25, -0.2) is 4.79 Å². The molecule has 0 amide bonds. The molecule has 2 aromatic carbocycles. The zero-order chi connectivity index (χ0) is 15.6. The maximum absolute atomic E-state index is 11.7. The summed E-state index contributed by atoms with van der Waals surface area (Å²) in [6.45, 7) is 3.74. The zero-order valence-electron chi connectivity index (χ0n) is 12.1. The number of nitrogens with two attached hydrogens (primary N) is 1. The van der Waals surface area contributed by atoms with Crippen molar-refractivity contribution in [2.75, 3.05) is 12.8 Å². The Morgan fingerprint density at radius 1 is 1.19 bits per heavy atom. The molecule has 0 aliphatic rings. The van der Waals surface area contributed by atoms with Crippen LogP contribution in [0.3, 0.4) is 0 Å². The van der Waals surface area contributed by atoms with E-state index < -0.39 is 5.97 Å². The van der Waals surface area contributed by atoms with Crippen molar-refractivity contribution in [3.05, 3.63) is 52.0 Å². The van der Waals surface area contributed by atoms with Gasteiger partial charge in [-0.15, -0.1) is 0 Å². The molecule has 0 heterocycles. The van der Waals surface area contributed by atoms with E-state index in [9.17, 15) is 4.79 Å². The van der Waals surface area contributed by atoms with Crippen LogP contribution >= 0.6 is 11.6 Å². The molecule has 2 rings (SSSR count). The summed E-state index contributed by atoms with van der Waals surface area (Å²) >= 11 is 6.14. The van der Waals surface area contributed by atoms with Gasteiger partial charge in [0.05, 0.1) is 17.7 Å². The van der Waals surface area contributed by atoms with Crippen molar-refractivity contribution in [1.29, 1.82) is 0 Å². The van der Waals surface area contributed by atoms with Gasteiger partial charge in [-0.3, -0.25) is 0 Å². The van der Waals surface area contributed by atoms with Gasteiger partial charge in [-0.05, 0) is 49.2 Å². The third kappa shape index (κ3) is 3.28. The van der Waals surface area contributed by atoms with E-state index in [1.165, 1.54) is 7.11 Å². The highest BCUT2D eigenvalue weighted by Crippen LogP contribution is 2.33. The molecule has 0 aromatic heterocycles. The normalized spacial score (nSPS) is 10.3. The third-order valence-electron chi connectivity index (χ3n) is 3.08. The molecule has 0 aliphatic carbocycles. The van der Waals surface area contributed by atoms with Crippen molar-refractivity contribution >= 4 is 23.3 Å². The number of methoxy groups -OCH3 is 1. The van der Waals surface area contributed by atoms with E-state index in [0.29, 0.717) is 22.2 Å². The first-order valence-corrected chi connectivity index (χ1v) is 6.72. The molecule has 5 heteroatoms. The van der Waals surface area contributed by atoms with E-state index in [0.717, 1.165) is 11.1 Å². The van der Waals surface area contributed by atoms with Crippen molar-refractivity contribution < 1.29 is 14.3 Å². The standard InChI is InChI=1S/C16H16ClNO3/c1-9-4-5-14(13(17)6-9)21-11-7-10(2)15(18)12(8-11)16(19)20-3/h4-8H,18H2,1-3H3. The Labute approximate surface area is 128 Å². The van der Waals surface area contributed by atoms with Crippen LogP contribution in [0.15, 0.2) is 30.3 Å². The number of nitrogen functional groups attached to an aromatic ring is 1. The van der Waals surface area contributed by atoms with Gasteiger partial charge in [-0.2, -0.15) is 0 Å². The molecular formula is C16H16ClNO3. The van der Waals surface area contributed by atoms with Gasteiger partial charge in [-0.1, -0.05) is 17.7 Å². The second-order valence-electron chi connectivity index (χ2n) is 4.73. The van der Waals surface area contributed by atoms with Crippen molar-refractivity contribution in [2.24, 2.45) is 0 Å². The number of hydrogen-bond donors (Lipinski definition) is 1. The monoisotopic (exact) mass is 305 g/mol. The van der Waals surface area contributed by atoms with Crippen LogP contribution in [-0.2, 0) is 4.74 Å². The lowest BCUT2D eigenvalue weighted by Gasteiger charge is -2.12. The summed E-state index contributed by atoms with van der Waals surface area (Å²) in [6.07, 6.45) is 0. The molecule has 21 heavy (non-hydrogen) atoms. The van der Waals surface area contributed by atoms with Crippen LogP contribution in [0.2, 0.25) is 5.02 Å². The number of ether oxygens (including phenoxy) is 2. The number of aryl methyl sites for hydroxylation is 2. The van der Waals surface area contributed by atoms with Crippen LogP contribution in [0.25, 0.3) is 0 Å². The first-order valence-electron chi connectivity index (χ1n) is 6.35. The lowest BCUT2D eigenvalue weighted by atomic mass is 10.1. The van der Waals surface area contributed by atoms with Crippen LogP contribution < -0.4 is 10.5 Å². The Balaban J connectivity index is 2.40. The van der Waals surface area contributed by atoms with E-state index >= 15 is 0 Å². The Morgan fingerprint density at radius 2 is 1.90 bits per heavy atom. The fraction of sp³-hybridized carbons (Fsp3) is 0.188. The molecule has 0 saturated carbocycles. The maximum atomic E-state index is 11.7. The number of benzene rings is 2. The minimum Gasteiger partial charge on any atom is -0.465 e. The second kappa shape index (κ2) is 6.06. The molecular weight excluding hydrogens is 290 g/mol. The van der Waals surface area contributed by atoms with E-state index in [2.05, 4.69) is 0 Å². The van der Waals surface area contributed by atoms with Gasteiger partial charge in [0, 0.05) is 5.69 Å². The first kappa shape index (κ1) is 15.2. The minimum absolute atomic E-state index is 0.274. The van der Waals surface area contributed by atoms with Crippen molar-refractivity contribution in [2.45, 2.75) is 13.8 Å². The fourth-order valence-corrected chi connectivity index (χ4v) is 2.19. The number of esters is 1. The van der Waals surface area contributed by atoms with Crippen molar-refractivity contribution in [3.63, 3.8) is 0 Å². The highest BCUT2D eigenvalue weighted by molar-refractivity contribution is 6.32. The molecule has 110 valence electrons. The highest BCUT2D eigenvalue weighted by Gasteiger charge is 2.15. The Kier molecular flexibility index (Phi) is 4.38. The molecule has 0 unspecified atom stereocenters. The van der Waals surface area contributed by atoms with Crippen LogP contribution in [0.5, 0.6) is 11.5 Å². The average molecular weight is 306 g/mol. The molecule has 2 aromatic rings. The molecule has 0 radical (unpaired) electrons. The number of carbonyl (C=O) groups is 1. The van der Waals surface area contributed by atoms with Crippen molar-refractivity contribution in [1.82, 2.24) is 0 Å². The molecule has 0 bridgehead atoms. The molecule has 0 atom stereocenters. The third-order valence-corrected chi connectivity index (χ3v) is 3.38. The fourth-order valence-electron chi connectivity index (χ4n) is 1.92. The smallest absolute Gasteiger partial charge is 0.340 e. The van der Waals surface area contributed by atoms with Gasteiger partial charge in [0.2, 0.25) is 0 Å². The number of halogens is 1. The minimum atomic E-state index is -0.504. The quantitative estimate of drug-likeness (QED) is 0.684. The van der Waals surface area contributed by atoms with Crippen LogP contribution in [0, 0.1) is 13.8 Å². The van der Waals surface area contributed by atoms with Gasteiger partial charge in [0.25, 0.3) is 0 Å². The van der Waals surface area contributed by atoms with Gasteiger partial charge < -0.3 is 15.2 Å². The lowest BCUT2D eigenvalue weighted by molar-refractivity contribution is 0.0601. The maximum Gasteiger partial charge on any atom is 0.340 e. The lowest BCUT2D eigenvalue weighted by Crippen LogP contribution is -2.07.